The summed E-state index contributed by atoms with van der Waals surface area (Å²) >= 11 is 6.42. The number of hydrogen-bond acceptors (Lipinski definition) is 7. The second-order valence-corrected chi connectivity index (χ2v) is 9.04. The third kappa shape index (κ3) is 5.23. The molecular formula is C25H24ClN7O3. The first-order valence-corrected chi connectivity index (χ1v) is 11.9. The number of carbonyl (C=O) groups excluding carboxylic acids is 2. The van der Waals surface area contributed by atoms with Crippen LogP contribution >= 0.6 is 11.6 Å². The molecule has 1 fully saturated rings. The van der Waals surface area contributed by atoms with Crippen molar-refractivity contribution in [1.29, 1.82) is 0 Å². The van der Waals surface area contributed by atoms with E-state index >= 15 is 0 Å². The number of aromatic amines is 1. The average molecular weight is 506 g/mol. The molecule has 0 aliphatic heterocycles. The second-order valence-electron chi connectivity index (χ2n) is 8.63. The normalized spacial score (nSPS) is 17.5. The molecule has 10 nitrogen and oxygen atoms in total. The zero-order valence-corrected chi connectivity index (χ0v) is 20.0. The van der Waals surface area contributed by atoms with Gasteiger partial charge in [-0.15, -0.1) is 0 Å². The SMILES string of the molecule is NC(=O)Oc1ccc(C(=O)N[C@H]2CCC[C@@H](Nc3ncc(Cl)c(-c4n[nH]c5ccccc45)n3)C2)cc1. The second kappa shape index (κ2) is 10.2. The minimum Gasteiger partial charge on any atom is -0.411 e. The van der Waals surface area contributed by atoms with Crippen molar-refractivity contribution >= 4 is 40.5 Å². The van der Waals surface area contributed by atoms with Crippen molar-refractivity contribution in [2.75, 3.05) is 5.32 Å². The Kier molecular flexibility index (Phi) is 6.68. The van der Waals surface area contributed by atoms with Crippen LogP contribution in [0.3, 0.4) is 0 Å². The monoisotopic (exact) mass is 505 g/mol. The molecule has 11 heteroatoms. The zero-order chi connectivity index (χ0) is 25.1. The van der Waals surface area contributed by atoms with E-state index in [-0.39, 0.29) is 23.7 Å². The van der Waals surface area contributed by atoms with Gasteiger partial charge in [0, 0.05) is 23.0 Å². The number of benzene rings is 2. The van der Waals surface area contributed by atoms with Crippen LogP contribution < -0.4 is 21.1 Å². The van der Waals surface area contributed by atoms with Gasteiger partial charge >= 0.3 is 6.09 Å². The summed E-state index contributed by atoms with van der Waals surface area (Å²) in [6, 6.07) is 14.1. The maximum Gasteiger partial charge on any atom is 0.409 e. The average Bonchev–Trinajstić information content (AvgIpc) is 3.29. The smallest absolute Gasteiger partial charge is 0.409 e. The summed E-state index contributed by atoms with van der Waals surface area (Å²) in [6.07, 6.45) is 4.14. The molecule has 0 saturated heterocycles. The number of nitrogens with one attached hydrogen (secondary N) is 3. The molecule has 5 rings (SSSR count). The number of nitrogens with two attached hydrogens (primary N) is 1. The fourth-order valence-corrected chi connectivity index (χ4v) is 4.62. The Hall–Kier alpha value is -4.18. The molecule has 1 saturated carbocycles. The number of nitrogens with zero attached hydrogens (tertiary/aromatic N) is 3. The van der Waals surface area contributed by atoms with Gasteiger partial charge in [0.05, 0.1) is 16.7 Å². The van der Waals surface area contributed by atoms with E-state index in [0.29, 0.717) is 27.9 Å². The van der Waals surface area contributed by atoms with Crippen LogP contribution in [-0.4, -0.2) is 44.2 Å². The fraction of sp³-hybridized carbons (Fsp3) is 0.240. The molecular weight excluding hydrogens is 482 g/mol. The minimum atomic E-state index is -0.901. The highest BCUT2D eigenvalue weighted by atomic mass is 35.5. The topological polar surface area (TPSA) is 148 Å². The summed E-state index contributed by atoms with van der Waals surface area (Å²) in [5.74, 6) is 0.552. The van der Waals surface area contributed by atoms with E-state index in [1.165, 1.54) is 12.1 Å². The van der Waals surface area contributed by atoms with Gasteiger partial charge < -0.3 is 21.1 Å². The Bertz CT molecular complexity index is 1410. The molecule has 2 heterocycles. The van der Waals surface area contributed by atoms with Crippen LogP contribution in [0.25, 0.3) is 22.3 Å². The largest absolute Gasteiger partial charge is 0.411 e. The summed E-state index contributed by atoms with van der Waals surface area (Å²) in [6.45, 7) is 0. The van der Waals surface area contributed by atoms with Crippen LogP contribution in [0.5, 0.6) is 5.75 Å². The summed E-state index contributed by atoms with van der Waals surface area (Å²) in [7, 11) is 0. The van der Waals surface area contributed by atoms with E-state index in [1.54, 1.807) is 18.3 Å². The molecule has 0 radical (unpaired) electrons. The number of carbonyl (C=O) groups is 2. The molecule has 2 atom stereocenters. The van der Waals surface area contributed by atoms with E-state index < -0.39 is 6.09 Å². The Labute approximate surface area is 211 Å². The van der Waals surface area contributed by atoms with Crippen LogP contribution in [0.15, 0.2) is 54.7 Å². The standard InChI is InChI=1S/C25H24ClN7O3/c26-19-13-28-25(31-22(19)21-18-6-1-2-7-20(18)32-33-21)30-16-5-3-4-15(12-16)29-23(34)14-8-10-17(11-9-14)36-24(27)35/h1-2,6-11,13,15-16H,3-5,12H2,(H2,27,35)(H,29,34)(H,32,33)(H,28,30,31)/t15-,16+/m0/s1. The summed E-state index contributed by atoms with van der Waals surface area (Å²) in [4.78, 5) is 32.6. The molecule has 4 aromatic rings. The number of para-hydroxylation sites is 1. The molecule has 1 aliphatic rings. The van der Waals surface area contributed by atoms with Gasteiger partial charge in [-0.1, -0.05) is 29.8 Å². The van der Waals surface area contributed by atoms with E-state index in [1.807, 2.05) is 24.3 Å². The van der Waals surface area contributed by atoms with Crippen molar-refractivity contribution in [2.24, 2.45) is 5.73 Å². The number of amides is 2. The third-order valence-corrected chi connectivity index (χ3v) is 6.39. The molecule has 36 heavy (non-hydrogen) atoms. The maximum atomic E-state index is 12.7. The first-order chi connectivity index (χ1) is 17.5. The van der Waals surface area contributed by atoms with Gasteiger partial charge in [0.25, 0.3) is 5.91 Å². The van der Waals surface area contributed by atoms with E-state index in [0.717, 1.165) is 36.6 Å². The molecule has 184 valence electrons. The lowest BCUT2D eigenvalue weighted by Gasteiger charge is -2.30. The highest BCUT2D eigenvalue weighted by Crippen LogP contribution is 2.31. The van der Waals surface area contributed by atoms with E-state index in [2.05, 4.69) is 30.8 Å². The number of anilines is 1. The van der Waals surface area contributed by atoms with Gasteiger partial charge in [0.2, 0.25) is 5.95 Å². The van der Waals surface area contributed by atoms with Crippen molar-refractivity contribution in [3.05, 3.63) is 65.3 Å². The number of H-pyrrole nitrogens is 1. The first-order valence-electron chi connectivity index (χ1n) is 11.6. The zero-order valence-electron chi connectivity index (χ0n) is 19.2. The van der Waals surface area contributed by atoms with Crippen LogP contribution in [0.1, 0.15) is 36.0 Å². The number of halogens is 1. The quantitative estimate of drug-likeness (QED) is 0.305. The van der Waals surface area contributed by atoms with Crippen LogP contribution in [0, 0.1) is 0 Å². The molecule has 0 bridgehead atoms. The van der Waals surface area contributed by atoms with Crippen molar-refractivity contribution < 1.29 is 14.3 Å². The van der Waals surface area contributed by atoms with Crippen molar-refractivity contribution in [3.63, 3.8) is 0 Å². The highest BCUT2D eigenvalue weighted by Gasteiger charge is 2.25. The van der Waals surface area contributed by atoms with Crippen LogP contribution in [-0.2, 0) is 0 Å². The van der Waals surface area contributed by atoms with E-state index in [9.17, 15) is 9.59 Å². The fourth-order valence-electron chi connectivity index (χ4n) is 4.44. The van der Waals surface area contributed by atoms with Gasteiger partial charge in [-0.2, -0.15) is 5.10 Å². The molecule has 2 amide bonds. The van der Waals surface area contributed by atoms with Gasteiger partial charge in [-0.25, -0.2) is 14.8 Å². The minimum absolute atomic E-state index is 0.00708. The van der Waals surface area contributed by atoms with Crippen LogP contribution in [0.2, 0.25) is 5.02 Å². The Morgan fingerprint density at radius 2 is 1.83 bits per heavy atom. The van der Waals surface area contributed by atoms with Gasteiger partial charge in [0.1, 0.15) is 17.1 Å². The number of primary amides is 1. The predicted octanol–water partition coefficient (Wildman–Crippen LogP) is 4.28. The Balaban J connectivity index is 1.24. The first kappa shape index (κ1) is 23.6. The predicted molar refractivity (Wildman–Crippen MR) is 136 cm³/mol. The molecule has 0 spiro atoms. The number of rotatable bonds is 6. The Morgan fingerprint density at radius 3 is 2.64 bits per heavy atom. The van der Waals surface area contributed by atoms with Crippen LogP contribution in [0.4, 0.5) is 10.7 Å². The number of hydrogen-bond donors (Lipinski definition) is 4. The molecule has 0 unspecified atom stereocenters. The van der Waals surface area contributed by atoms with Gasteiger partial charge in [0.15, 0.2) is 0 Å². The van der Waals surface area contributed by atoms with Crippen molar-refractivity contribution in [3.8, 4) is 17.1 Å². The number of aromatic nitrogens is 4. The lowest BCUT2D eigenvalue weighted by atomic mass is 9.91. The summed E-state index contributed by atoms with van der Waals surface area (Å²) in [5, 5.41) is 15.2. The van der Waals surface area contributed by atoms with E-state index in [4.69, 9.17) is 22.1 Å². The molecule has 2 aromatic carbocycles. The summed E-state index contributed by atoms with van der Waals surface area (Å²) in [5.41, 5.74) is 7.60. The lowest BCUT2D eigenvalue weighted by Crippen LogP contribution is -2.42. The molecule has 5 N–H and O–H groups in total. The molecule has 2 aromatic heterocycles. The molecule has 1 aliphatic carbocycles. The highest BCUT2D eigenvalue weighted by molar-refractivity contribution is 6.33. The van der Waals surface area contributed by atoms with Crippen molar-refractivity contribution in [1.82, 2.24) is 25.5 Å². The Morgan fingerprint density at radius 1 is 1.06 bits per heavy atom. The van der Waals surface area contributed by atoms with Crippen molar-refractivity contribution in [2.45, 2.75) is 37.8 Å². The van der Waals surface area contributed by atoms with Gasteiger partial charge in [-0.05, 0) is 56.0 Å². The van der Waals surface area contributed by atoms with Gasteiger partial charge in [-0.3, -0.25) is 9.89 Å². The lowest BCUT2D eigenvalue weighted by molar-refractivity contribution is 0.0926. The number of ether oxygens (including phenoxy) is 1. The maximum absolute atomic E-state index is 12.7. The number of fused-ring (bicyclic) bond motifs is 1. The third-order valence-electron chi connectivity index (χ3n) is 6.12. The summed E-state index contributed by atoms with van der Waals surface area (Å²) < 4.78 is 4.80.